The van der Waals surface area contributed by atoms with Gasteiger partial charge in [-0.3, -0.25) is 19.9 Å². The molecule has 1 saturated heterocycles. The van der Waals surface area contributed by atoms with Crippen molar-refractivity contribution < 1.29 is 9.59 Å². The summed E-state index contributed by atoms with van der Waals surface area (Å²) in [6.45, 7) is 0. The Kier molecular flexibility index (Phi) is 5.06. The zero-order valence-corrected chi connectivity index (χ0v) is 14.4. The lowest BCUT2D eigenvalue weighted by Gasteiger charge is -2.30. The van der Waals surface area contributed by atoms with E-state index in [4.69, 9.17) is 23.8 Å². The second kappa shape index (κ2) is 7.42. The van der Waals surface area contributed by atoms with Crippen molar-refractivity contribution in [1.29, 1.82) is 0 Å². The highest BCUT2D eigenvalue weighted by Crippen LogP contribution is 2.22. The van der Waals surface area contributed by atoms with Gasteiger partial charge in [0.15, 0.2) is 11.0 Å². The number of nitrogens with one attached hydrogen (secondary N) is 2. The summed E-state index contributed by atoms with van der Waals surface area (Å²) >= 11 is 11.0. The van der Waals surface area contributed by atoms with E-state index in [1.54, 1.807) is 24.3 Å². The molecule has 1 aliphatic heterocycles. The number of carbonyl (C=O) groups is 2. The van der Waals surface area contributed by atoms with E-state index in [-0.39, 0.29) is 5.11 Å². The van der Waals surface area contributed by atoms with Gasteiger partial charge >= 0.3 is 0 Å². The fraction of sp³-hybridized carbons (Fsp3) is 0.0588. The molecule has 25 heavy (non-hydrogen) atoms. The van der Waals surface area contributed by atoms with Gasteiger partial charge in [0.1, 0.15) is 0 Å². The van der Waals surface area contributed by atoms with Crippen molar-refractivity contribution in [3.05, 3.63) is 59.6 Å². The predicted octanol–water partition coefficient (Wildman–Crippen LogP) is 2.80. The monoisotopic (exact) mass is 372 g/mol. The van der Waals surface area contributed by atoms with Crippen LogP contribution in [0.3, 0.4) is 0 Å². The van der Waals surface area contributed by atoms with Crippen molar-refractivity contribution in [1.82, 2.24) is 5.32 Å². The van der Waals surface area contributed by atoms with Gasteiger partial charge in [-0.05, 0) is 48.6 Å². The summed E-state index contributed by atoms with van der Waals surface area (Å²) < 4.78 is 0. The molecule has 8 heteroatoms. The van der Waals surface area contributed by atoms with Crippen LogP contribution in [0.2, 0.25) is 5.02 Å². The number of para-hydroxylation sites is 1. The highest BCUT2D eigenvalue weighted by atomic mass is 35.5. The van der Waals surface area contributed by atoms with Crippen LogP contribution in [0.5, 0.6) is 0 Å². The Morgan fingerprint density at radius 1 is 1.12 bits per heavy atom. The molecule has 3 rings (SSSR count). The SMILES string of the molecule is O=C1NC(=S)N(c2ccc(Cl)cc2)C(=O)[C@H]1/C=N\Nc1ccccc1. The van der Waals surface area contributed by atoms with Gasteiger partial charge in [0, 0.05) is 11.2 Å². The molecule has 2 aromatic carbocycles. The van der Waals surface area contributed by atoms with Crippen molar-refractivity contribution in [2.24, 2.45) is 11.0 Å². The molecule has 0 bridgehead atoms. The third-order valence-corrected chi connectivity index (χ3v) is 4.01. The van der Waals surface area contributed by atoms with Gasteiger partial charge in [-0.1, -0.05) is 29.8 Å². The molecule has 6 nitrogen and oxygen atoms in total. The van der Waals surface area contributed by atoms with Crippen LogP contribution in [0.25, 0.3) is 0 Å². The first-order valence-electron chi connectivity index (χ1n) is 7.35. The number of halogens is 1. The van der Waals surface area contributed by atoms with E-state index in [1.165, 1.54) is 11.1 Å². The zero-order valence-electron chi connectivity index (χ0n) is 12.8. The highest BCUT2D eigenvalue weighted by molar-refractivity contribution is 7.80. The number of thiocarbonyl (C=S) groups is 1. The zero-order chi connectivity index (χ0) is 17.8. The van der Waals surface area contributed by atoms with Gasteiger partial charge in [0.05, 0.1) is 11.4 Å². The molecule has 0 aromatic heterocycles. The lowest BCUT2D eigenvalue weighted by atomic mass is 10.1. The molecule has 1 aliphatic rings. The highest BCUT2D eigenvalue weighted by Gasteiger charge is 2.38. The van der Waals surface area contributed by atoms with E-state index < -0.39 is 17.7 Å². The number of hydrogen-bond donors (Lipinski definition) is 2. The van der Waals surface area contributed by atoms with Crippen LogP contribution in [0.1, 0.15) is 0 Å². The van der Waals surface area contributed by atoms with Crippen molar-refractivity contribution >= 4 is 58.3 Å². The molecule has 0 unspecified atom stereocenters. The number of rotatable bonds is 4. The topological polar surface area (TPSA) is 73.8 Å². The molecule has 0 aliphatic carbocycles. The van der Waals surface area contributed by atoms with Gasteiger partial charge in [0.2, 0.25) is 5.91 Å². The van der Waals surface area contributed by atoms with E-state index in [0.717, 1.165) is 5.69 Å². The van der Waals surface area contributed by atoms with E-state index in [0.29, 0.717) is 10.7 Å². The normalized spacial score (nSPS) is 17.7. The molecular weight excluding hydrogens is 360 g/mol. The summed E-state index contributed by atoms with van der Waals surface area (Å²) in [6, 6.07) is 15.8. The van der Waals surface area contributed by atoms with Crippen molar-refractivity contribution in [3.63, 3.8) is 0 Å². The lowest BCUT2D eigenvalue weighted by Crippen LogP contribution is -2.58. The molecule has 1 fully saturated rings. The van der Waals surface area contributed by atoms with Gasteiger partial charge in [-0.25, -0.2) is 0 Å². The van der Waals surface area contributed by atoms with Gasteiger partial charge in [-0.2, -0.15) is 5.10 Å². The molecule has 2 aromatic rings. The number of hydrazone groups is 1. The summed E-state index contributed by atoms with van der Waals surface area (Å²) in [5.74, 6) is -2.08. The summed E-state index contributed by atoms with van der Waals surface area (Å²) in [5, 5.41) is 7.06. The van der Waals surface area contributed by atoms with Crippen LogP contribution >= 0.6 is 23.8 Å². The fourth-order valence-electron chi connectivity index (χ4n) is 2.26. The minimum Gasteiger partial charge on any atom is -0.301 e. The second-order valence-electron chi connectivity index (χ2n) is 5.18. The van der Waals surface area contributed by atoms with Crippen molar-refractivity contribution in [2.45, 2.75) is 0 Å². The largest absolute Gasteiger partial charge is 0.301 e. The molecule has 0 radical (unpaired) electrons. The molecule has 126 valence electrons. The Hall–Kier alpha value is -2.77. The Morgan fingerprint density at radius 2 is 1.80 bits per heavy atom. The first-order valence-corrected chi connectivity index (χ1v) is 8.13. The molecule has 0 spiro atoms. The number of hydrogen-bond acceptors (Lipinski definition) is 5. The summed E-state index contributed by atoms with van der Waals surface area (Å²) in [6.07, 6.45) is 1.26. The maximum absolute atomic E-state index is 12.7. The number of nitrogens with zero attached hydrogens (tertiary/aromatic N) is 2. The third-order valence-electron chi connectivity index (χ3n) is 3.48. The van der Waals surface area contributed by atoms with E-state index >= 15 is 0 Å². The van der Waals surface area contributed by atoms with Crippen molar-refractivity contribution in [3.8, 4) is 0 Å². The van der Waals surface area contributed by atoms with Crippen LogP contribution in [0.4, 0.5) is 11.4 Å². The van der Waals surface area contributed by atoms with Crippen LogP contribution in [-0.2, 0) is 9.59 Å². The fourth-order valence-corrected chi connectivity index (χ4v) is 2.68. The number of anilines is 2. The molecule has 2 N–H and O–H groups in total. The number of amides is 2. The summed E-state index contributed by atoms with van der Waals surface area (Å²) in [5.41, 5.74) is 4.04. The van der Waals surface area contributed by atoms with E-state index in [1.807, 2.05) is 30.3 Å². The minimum absolute atomic E-state index is 0.0259. The van der Waals surface area contributed by atoms with Gasteiger partial charge in [0.25, 0.3) is 5.91 Å². The Morgan fingerprint density at radius 3 is 2.48 bits per heavy atom. The average molecular weight is 373 g/mol. The quantitative estimate of drug-likeness (QED) is 0.374. The molecule has 1 atom stereocenters. The summed E-state index contributed by atoms with van der Waals surface area (Å²) in [4.78, 5) is 26.1. The van der Waals surface area contributed by atoms with Crippen LogP contribution in [0, 0.1) is 5.92 Å². The van der Waals surface area contributed by atoms with Crippen LogP contribution < -0.4 is 15.6 Å². The number of benzene rings is 2. The maximum Gasteiger partial charge on any atom is 0.251 e. The molecular formula is C17H13ClN4O2S. The number of carbonyl (C=O) groups excluding carboxylic acids is 2. The molecule has 0 saturated carbocycles. The van der Waals surface area contributed by atoms with E-state index in [2.05, 4.69) is 15.8 Å². The van der Waals surface area contributed by atoms with Crippen LogP contribution in [-0.4, -0.2) is 23.1 Å². The molecule has 1 heterocycles. The van der Waals surface area contributed by atoms with Crippen LogP contribution in [0.15, 0.2) is 59.7 Å². The lowest BCUT2D eigenvalue weighted by molar-refractivity contribution is -0.130. The first kappa shape index (κ1) is 17.1. The van der Waals surface area contributed by atoms with Gasteiger partial charge < -0.3 is 5.32 Å². The second-order valence-corrected chi connectivity index (χ2v) is 6.00. The Labute approximate surface area is 154 Å². The average Bonchev–Trinajstić information content (AvgIpc) is 2.60. The Bertz CT molecular complexity index is 839. The first-order chi connectivity index (χ1) is 12.1. The predicted molar refractivity (Wildman–Crippen MR) is 102 cm³/mol. The van der Waals surface area contributed by atoms with Gasteiger partial charge in [-0.15, -0.1) is 0 Å². The molecule has 2 amide bonds. The smallest absolute Gasteiger partial charge is 0.251 e. The standard InChI is InChI=1S/C17H13ClN4O2S/c18-11-6-8-13(9-7-11)22-16(24)14(15(23)20-17(22)25)10-19-21-12-4-2-1-3-5-12/h1-10,14,21H,(H,20,23,25)/b19-10-/t14-/m0/s1. The summed E-state index contributed by atoms with van der Waals surface area (Å²) in [7, 11) is 0. The minimum atomic E-state index is -1.08. The van der Waals surface area contributed by atoms with E-state index in [9.17, 15) is 9.59 Å². The Balaban J connectivity index is 1.79. The van der Waals surface area contributed by atoms with Crippen molar-refractivity contribution in [2.75, 3.05) is 10.3 Å². The third kappa shape index (κ3) is 3.84. The maximum atomic E-state index is 12.7.